The standard InChI is InChI=1S/C46H66N6O8S/c1-28-15-21-36(59-26-34(20-22-38(47)54)50-44(58)60-46(7,8)9)23-33(28)13-11-10-12-14-39(55)51-41(45(4,5)6)43(57)52-25-35(53)24-37(52)42(56)49-29(2)31-16-18-32(19-17-31)40-30(3)48-27-61-40/h15-19,21,23,27,29,34-35,37,41,53H,10-14,20,22,24-26H2,1-9H3,(H2,47,54)(H,49,56)(H,50,58)(H,51,55)/t29-,34-,35+,37-,41+/m0/s1. The minimum absolute atomic E-state index is 0.00114. The lowest BCUT2D eigenvalue weighted by molar-refractivity contribution is -0.144. The molecular formula is C46H66N6O8S. The van der Waals surface area contributed by atoms with E-state index >= 15 is 0 Å². The van der Waals surface area contributed by atoms with Crippen LogP contribution in [0, 0.1) is 19.3 Å². The number of rotatable bonds is 19. The van der Waals surface area contributed by atoms with Gasteiger partial charge >= 0.3 is 6.09 Å². The summed E-state index contributed by atoms with van der Waals surface area (Å²) in [5.41, 5.74) is 10.9. The first kappa shape index (κ1) is 48.6. The number of aromatic nitrogens is 1. The van der Waals surface area contributed by atoms with Gasteiger partial charge in [-0.3, -0.25) is 19.2 Å². The molecule has 0 radical (unpaired) electrons. The van der Waals surface area contributed by atoms with Crippen LogP contribution in [0.4, 0.5) is 4.79 Å². The normalized spacial score (nSPS) is 16.9. The van der Waals surface area contributed by atoms with Crippen LogP contribution in [0.1, 0.15) is 122 Å². The monoisotopic (exact) mass is 862 g/mol. The number of aliphatic hydroxyl groups is 1. The zero-order chi connectivity index (χ0) is 45.1. The maximum atomic E-state index is 14.1. The van der Waals surface area contributed by atoms with E-state index < -0.39 is 53.2 Å². The van der Waals surface area contributed by atoms with Crippen molar-refractivity contribution >= 4 is 41.1 Å². The fourth-order valence-corrected chi connectivity index (χ4v) is 8.03. The first-order valence-corrected chi connectivity index (χ1v) is 22.1. The average molecular weight is 863 g/mol. The van der Waals surface area contributed by atoms with Crippen LogP contribution in [0.3, 0.4) is 0 Å². The van der Waals surface area contributed by atoms with Gasteiger partial charge in [-0.25, -0.2) is 9.78 Å². The van der Waals surface area contributed by atoms with Crippen molar-refractivity contribution in [2.45, 2.75) is 150 Å². The Morgan fingerprint density at radius 2 is 1.66 bits per heavy atom. The van der Waals surface area contributed by atoms with E-state index in [4.69, 9.17) is 15.2 Å². The van der Waals surface area contributed by atoms with Gasteiger partial charge in [0.2, 0.25) is 23.6 Å². The van der Waals surface area contributed by atoms with Gasteiger partial charge in [-0.2, -0.15) is 0 Å². The third-order valence-corrected chi connectivity index (χ3v) is 11.6. The third kappa shape index (κ3) is 15.1. The number of likely N-dealkylation sites (tertiary alicyclic amines) is 1. The van der Waals surface area contributed by atoms with E-state index in [0.29, 0.717) is 18.6 Å². The van der Waals surface area contributed by atoms with Gasteiger partial charge in [0, 0.05) is 25.8 Å². The van der Waals surface area contributed by atoms with Crippen molar-refractivity contribution in [1.29, 1.82) is 0 Å². The molecule has 61 heavy (non-hydrogen) atoms. The molecule has 15 heteroatoms. The smallest absolute Gasteiger partial charge is 0.407 e. The van der Waals surface area contributed by atoms with Crippen LogP contribution in [0.5, 0.6) is 5.75 Å². The topological polar surface area (TPSA) is 202 Å². The molecule has 0 spiro atoms. The summed E-state index contributed by atoms with van der Waals surface area (Å²) in [6.45, 7) is 16.9. The number of hydrogen-bond donors (Lipinski definition) is 5. The molecule has 0 unspecified atom stereocenters. The van der Waals surface area contributed by atoms with Crippen LogP contribution in [-0.2, 0) is 30.3 Å². The van der Waals surface area contributed by atoms with E-state index in [0.717, 1.165) is 52.1 Å². The Labute approximate surface area is 364 Å². The van der Waals surface area contributed by atoms with Gasteiger partial charge in [0.25, 0.3) is 0 Å². The zero-order valence-corrected chi connectivity index (χ0v) is 38.1. The van der Waals surface area contributed by atoms with Gasteiger partial charge in [0.1, 0.15) is 30.0 Å². The summed E-state index contributed by atoms with van der Waals surface area (Å²) in [5.74, 6) is -0.853. The molecule has 1 aromatic heterocycles. The lowest BCUT2D eigenvalue weighted by Crippen LogP contribution is -2.57. The first-order chi connectivity index (χ1) is 28.6. The average Bonchev–Trinajstić information content (AvgIpc) is 3.79. The van der Waals surface area contributed by atoms with Crippen molar-refractivity contribution in [3.63, 3.8) is 0 Å². The number of carbonyl (C=O) groups is 5. The van der Waals surface area contributed by atoms with E-state index in [1.165, 1.54) is 4.90 Å². The van der Waals surface area contributed by atoms with Gasteiger partial charge < -0.3 is 41.2 Å². The summed E-state index contributed by atoms with van der Waals surface area (Å²) < 4.78 is 11.4. The SMILES string of the molecule is Cc1ccc(OC[C@H](CCC(N)=O)NC(=O)OC(C)(C)C)cc1CCCCCC(=O)N[C@H](C(=O)N1C[C@H](O)C[C@H]1C(=O)N[C@@H](C)c1ccc(-c2scnc2C)cc1)C(C)(C)C. The van der Waals surface area contributed by atoms with E-state index in [-0.39, 0.29) is 50.3 Å². The molecule has 0 aliphatic carbocycles. The molecule has 1 aliphatic heterocycles. The second-order valence-corrected chi connectivity index (χ2v) is 19.0. The molecular weight excluding hydrogens is 797 g/mol. The predicted molar refractivity (Wildman–Crippen MR) is 237 cm³/mol. The summed E-state index contributed by atoms with van der Waals surface area (Å²) >= 11 is 1.57. The molecule has 1 aliphatic rings. The maximum Gasteiger partial charge on any atom is 0.407 e. The minimum Gasteiger partial charge on any atom is -0.491 e. The molecule has 14 nitrogen and oxygen atoms in total. The van der Waals surface area contributed by atoms with E-state index in [1.54, 1.807) is 32.1 Å². The van der Waals surface area contributed by atoms with Gasteiger partial charge in [0.15, 0.2) is 0 Å². The summed E-state index contributed by atoms with van der Waals surface area (Å²) in [6.07, 6.45) is 2.21. The molecule has 3 aromatic rings. The molecule has 5 atom stereocenters. The maximum absolute atomic E-state index is 14.1. The number of aryl methyl sites for hydroxylation is 3. The number of benzene rings is 2. The second kappa shape index (κ2) is 21.7. The third-order valence-electron chi connectivity index (χ3n) is 10.6. The Balaban J connectivity index is 1.27. The van der Waals surface area contributed by atoms with Gasteiger partial charge in [-0.05, 0) is 107 Å². The number of nitrogens with two attached hydrogens (primary N) is 1. The van der Waals surface area contributed by atoms with Gasteiger partial charge in [-0.1, -0.05) is 57.5 Å². The number of primary amides is 1. The largest absolute Gasteiger partial charge is 0.491 e. The van der Waals surface area contributed by atoms with E-state index in [9.17, 15) is 29.1 Å². The highest BCUT2D eigenvalue weighted by Crippen LogP contribution is 2.30. The Hall–Kier alpha value is -5.02. The first-order valence-electron chi connectivity index (χ1n) is 21.2. The quantitative estimate of drug-likeness (QED) is 0.0842. The number of aliphatic hydroxyl groups excluding tert-OH is 1. The predicted octanol–water partition coefficient (Wildman–Crippen LogP) is 6.44. The van der Waals surface area contributed by atoms with Crippen molar-refractivity contribution in [1.82, 2.24) is 25.8 Å². The summed E-state index contributed by atoms with van der Waals surface area (Å²) in [5, 5.41) is 19.4. The zero-order valence-electron chi connectivity index (χ0n) is 37.3. The number of ether oxygens (including phenoxy) is 2. The van der Waals surface area contributed by atoms with Gasteiger partial charge in [-0.15, -0.1) is 11.3 Å². The fourth-order valence-electron chi connectivity index (χ4n) is 7.22. The van der Waals surface area contributed by atoms with E-state index in [1.807, 2.05) is 89.5 Å². The summed E-state index contributed by atoms with van der Waals surface area (Å²) in [6, 6.07) is 11.1. The Morgan fingerprint density at radius 1 is 0.951 bits per heavy atom. The van der Waals surface area contributed by atoms with Crippen LogP contribution < -0.4 is 26.4 Å². The number of amides is 5. The number of hydrogen-bond acceptors (Lipinski definition) is 10. The number of unbranched alkanes of at least 4 members (excludes halogenated alkanes) is 2. The number of carbonyl (C=O) groups excluding carboxylic acids is 5. The molecule has 0 bridgehead atoms. The molecule has 2 heterocycles. The summed E-state index contributed by atoms with van der Waals surface area (Å²) in [4.78, 5) is 71.8. The highest BCUT2D eigenvalue weighted by molar-refractivity contribution is 7.13. The second-order valence-electron chi connectivity index (χ2n) is 18.2. The molecule has 2 aromatic carbocycles. The molecule has 334 valence electrons. The molecule has 6 N–H and O–H groups in total. The highest BCUT2D eigenvalue weighted by atomic mass is 32.1. The van der Waals surface area contributed by atoms with Crippen molar-refractivity contribution in [2.24, 2.45) is 11.1 Å². The van der Waals surface area contributed by atoms with Crippen LogP contribution in [-0.4, -0.2) is 87.7 Å². The fraction of sp³-hybridized carbons (Fsp3) is 0.565. The van der Waals surface area contributed by atoms with Gasteiger partial charge in [0.05, 0.1) is 34.3 Å². The number of β-amino-alcohol motifs (C(OH)–C–C–N with tert-alkyl or cyclic N) is 1. The molecule has 4 rings (SSSR count). The molecule has 0 saturated carbocycles. The Kier molecular flexibility index (Phi) is 17.3. The van der Waals surface area contributed by atoms with Crippen LogP contribution in [0.25, 0.3) is 10.4 Å². The number of nitrogens with one attached hydrogen (secondary N) is 3. The van der Waals surface area contributed by atoms with Crippen molar-refractivity contribution in [3.05, 3.63) is 70.4 Å². The van der Waals surface area contributed by atoms with Crippen LogP contribution in [0.15, 0.2) is 48.0 Å². The molecule has 1 saturated heterocycles. The molecule has 5 amide bonds. The van der Waals surface area contributed by atoms with Crippen molar-refractivity contribution in [2.75, 3.05) is 13.2 Å². The van der Waals surface area contributed by atoms with E-state index in [2.05, 4.69) is 20.9 Å². The summed E-state index contributed by atoms with van der Waals surface area (Å²) in [7, 11) is 0. The highest BCUT2D eigenvalue weighted by Gasteiger charge is 2.44. The Bertz CT molecular complexity index is 1970. The number of nitrogens with zero attached hydrogens (tertiary/aromatic N) is 2. The van der Waals surface area contributed by atoms with Crippen LogP contribution in [0.2, 0.25) is 0 Å². The minimum atomic E-state index is -0.902. The molecule has 1 fully saturated rings. The van der Waals surface area contributed by atoms with Crippen LogP contribution >= 0.6 is 11.3 Å². The lowest BCUT2D eigenvalue weighted by Gasteiger charge is -2.35. The number of alkyl carbamates (subject to hydrolysis) is 1. The van der Waals surface area contributed by atoms with Crippen molar-refractivity contribution < 1.29 is 38.6 Å². The lowest BCUT2D eigenvalue weighted by atomic mass is 9.85. The number of thiazole rings is 1. The Morgan fingerprint density at radius 3 is 2.28 bits per heavy atom. The van der Waals surface area contributed by atoms with Crippen molar-refractivity contribution in [3.8, 4) is 16.2 Å².